The summed E-state index contributed by atoms with van der Waals surface area (Å²) in [4.78, 5) is 0. The van der Waals surface area contributed by atoms with Crippen LogP contribution in [0.1, 0.15) is 12.5 Å². The Morgan fingerprint density at radius 2 is 1.11 bits per heavy atom. The number of quaternary nitrogens is 1. The molecule has 0 atom stereocenters. The molecule has 0 fully saturated rings. The van der Waals surface area contributed by atoms with Gasteiger partial charge in [-0.05, 0) is 31.2 Å². The van der Waals surface area contributed by atoms with Crippen molar-refractivity contribution in [2.45, 2.75) is 48.6 Å². The SMILES string of the molecule is CC[N+](C)(C)Cc1ccc(OS(=O)(=O)C(F)(F)C(F)(F)C(F)(F)C(F)(F)C(F)(F)C(F)(F)F)cc1. The first kappa shape index (κ1) is 31.1. The van der Waals surface area contributed by atoms with Crippen LogP contribution in [0.4, 0.5) is 57.1 Å². The van der Waals surface area contributed by atoms with E-state index < -0.39 is 51.0 Å². The molecule has 0 saturated heterocycles. The minimum Gasteiger partial charge on any atom is -0.378 e. The molecule has 0 unspecified atom stereocenters. The molecule has 0 saturated carbocycles. The maximum absolute atomic E-state index is 13.9. The topological polar surface area (TPSA) is 43.4 Å². The van der Waals surface area contributed by atoms with Gasteiger partial charge in [-0.2, -0.15) is 65.5 Å². The van der Waals surface area contributed by atoms with Gasteiger partial charge in [-0.3, -0.25) is 0 Å². The lowest BCUT2D eigenvalue weighted by atomic mass is 9.98. The van der Waals surface area contributed by atoms with Gasteiger partial charge in [0, 0.05) is 5.56 Å². The highest BCUT2D eigenvalue weighted by atomic mass is 32.2. The Balaban J connectivity index is 3.39. The normalized spacial score (nSPS) is 15.3. The molecule has 1 aromatic rings. The number of hydrogen-bond acceptors (Lipinski definition) is 3. The largest absolute Gasteiger partial charge is 0.460 e. The van der Waals surface area contributed by atoms with Gasteiger partial charge in [0.05, 0.1) is 20.6 Å². The Bertz CT molecular complexity index is 1000. The van der Waals surface area contributed by atoms with Crippen molar-refractivity contribution in [3.8, 4) is 5.75 Å². The van der Waals surface area contributed by atoms with Crippen molar-refractivity contribution in [1.82, 2.24) is 0 Å². The minimum atomic E-state index is -8.24. The van der Waals surface area contributed by atoms with Crippen molar-refractivity contribution in [2.24, 2.45) is 0 Å². The first-order chi connectivity index (χ1) is 15.2. The lowest BCUT2D eigenvalue weighted by Crippen LogP contribution is -2.71. The number of hydrogen-bond donors (Lipinski definition) is 0. The van der Waals surface area contributed by atoms with E-state index in [1.54, 1.807) is 21.0 Å². The van der Waals surface area contributed by atoms with Gasteiger partial charge in [0.15, 0.2) is 0 Å². The monoisotopic (exact) mass is 562 g/mol. The summed E-state index contributed by atoms with van der Waals surface area (Å²) in [5.74, 6) is -33.6. The summed E-state index contributed by atoms with van der Waals surface area (Å²) in [6.45, 7) is 2.64. The fourth-order valence-corrected chi connectivity index (χ4v) is 3.26. The van der Waals surface area contributed by atoms with Gasteiger partial charge in [-0.25, -0.2) is 0 Å². The zero-order valence-electron chi connectivity index (χ0n) is 17.7. The molecule has 0 spiro atoms. The highest BCUT2D eigenvalue weighted by Gasteiger charge is 2.93. The van der Waals surface area contributed by atoms with Crippen LogP contribution in [0.2, 0.25) is 0 Å². The molecule has 204 valence electrons. The second-order valence-corrected chi connectivity index (χ2v) is 9.49. The first-order valence-corrected chi connectivity index (χ1v) is 10.4. The van der Waals surface area contributed by atoms with E-state index in [2.05, 4.69) is 4.18 Å². The molecule has 18 heteroatoms. The Labute approximate surface area is 190 Å². The fraction of sp³-hybridized carbons (Fsp3) is 0.647. The summed E-state index contributed by atoms with van der Waals surface area (Å²) in [5.41, 5.74) is 0.416. The van der Waals surface area contributed by atoms with Crippen LogP contribution in [0.3, 0.4) is 0 Å². The molecule has 0 radical (unpaired) electrons. The van der Waals surface area contributed by atoms with E-state index in [4.69, 9.17) is 0 Å². The van der Waals surface area contributed by atoms with Crippen molar-refractivity contribution < 1.29 is 74.2 Å². The van der Waals surface area contributed by atoms with Crippen LogP contribution in [0.25, 0.3) is 0 Å². The molecule has 0 aromatic heterocycles. The van der Waals surface area contributed by atoms with E-state index in [1.807, 2.05) is 0 Å². The van der Waals surface area contributed by atoms with Crippen LogP contribution in [0.15, 0.2) is 24.3 Å². The Morgan fingerprint density at radius 1 is 0.714 bits per heavy atom. The van der Waals surface area contributed by atoms with Gasteiger partial charge >= 0.3 is 45.2 Å². The number of nitrogens with zero attached hydrogens (tertiary/aromatic N) is 1. The third-order valence-corrected chi connectivity index (χ3v) is 6.11. The van der Waals surface area contributed by atoms with Crippen LogP contribution in [-0.4, -0.2) is 68.7 Å². The van der Waals surface area contributed by atoms with Gasteiger partial charge in [0.25, 0.3) is 0 Å². The number of rotatable bonds is 10. The quantitative estimate of drug-likeness (QED) is 0.209. The summed E-state index contributed by atoms with van der Waals surface area (Å²) in [5, 5.41) is -7.41. The summed E-state index contributed by atoms with van der Waals surface area (Å²) in [6, 6.07) is 3.29. The van der Waals surface area contributed by atoms with Gasteiger partial charge < -0.3 is 8.67 Å². The predicted octanol–water partition coefficient (Wildman–Crippen LogP) is 5.69. The van der Waals surface area contributed by atoms with Gasteiger partial charge in [-0.15, -0.1) is 0 Å². The van der Waals surface area contributed by atoms with Crippen molar-refractivity contribution >= 4 is 10.1 Å². The maximum Gasteiger partial charge on any atom is 0.460 e. The molecule has 0 N–H and O–H groups in total. The van der Waals surface area contributed by atoms with Crippen LogP contribution in [-0.2, 0) is 16.7 Å². The number of alkyl halides is 13. The Hall–Kier alpha value is -1.98. The van der Waals surface area contributed by atoms with E-state index in [9.17, 15) is 65.5 Å². The number of benzene rings is 1. The summed E-state index contributed by atoms with van der Waals surface area (Å²) < 4.78 is 198. The van der Waals surface area contributed by atoms with Crippen LogP contribution < -0.4 is 4.18 Å². The first-order valence-electron chi connectivity index (χ1n) is 9.02. The molecule has 4 nitrogen and oxygen atoms in total. The summed E-state index contributed by atoms with van der Waals surface area (Å²) in [6.07, 6.45) is -7.60. The third-order valence-electron chi connectivity index (χ3n) is 4.81. The smallest absolute Gasteiger partial charge is 0.378 e. The van der Waals surface area contributed by atoms with E-state index in [1.165, 1.54) is 0 Å². The minimum absolute atomic E-state index is 0.270. The predicted molar refractivity (Wildman–Crippen MR) is 93.1 cm³/mol. The maximum atomic E-state index is 13.9. The molecule has 0 amide bonds. The molecule has 1 rings (SSSR count). The van der Waals surface area contributed by atoms with E-state index in [0.717, 1.165) is 12.1 Å². The van der Waals surface area contributed by atoms with Gasteiger partial charge in [-0.1, -0.05) is 0 Å². The van der Waals surface area contributed by atoms with Crippen LogP contribution >= 0.6 is 0 Å². The number of halogens is 13. The molecule has 1 aromatic carbocycles. The van der Waals surface area contributed by atoms with Gasteiger partial charge in [0.2, 0.25) is 0 Å². The molecule has 35 heavy (non-hydrogen) atoms. The van der Waals surface area contributed by atoms with E-state index in [-0.39, 0.29) is 6.54 Å². The summed E-state index contributed by atoms with van der Waals surface area (Å²) >= 11 is 0. The highest BCUT2D eigenvalue weighted by molar-refractivity contribution is 7.88. The van der Waals surface area contributed by atoms with Crippen molar-refractivity contribution in [2.75, 3.05) is 20.6 Å². The summed E-state index contributed by atoms with van der Waals surface area (Å²) in [7, 11) is -3.88. The van der Waals surface area contributed by atoms with Crippen molar-refractivity contribution in [3.05, 3.63) is 29.8 Å². The molecular formula is C17H17F13NO3S+. The van der Waals surface area contributed by atoms with Crippen molar-refractivity contribution in [1.29, 1.82) is 0 Å². The molecule has 0 aliphatic heterocycles. The highest BCUT2D eigenvalue weighted by Crippen LogP contribution is 2.61. The molecule has 0 aliphatic carbocycles. The lowest BCUT2D eigenvalue weighted by Gasteiger charge is -2.38. The average molecular weight is 562 g/mol. The molecular weight excluding hydrogens is 545 g/mol. The second-order valence-electron chi connectivity index (χ2n) is 7.90. The molecule has 0 bridgehead atoms. The zero-order valence-corrected chi connectivity index (χ0v) is 18.5. The average Bonchev–Trinajstić information content (AvgIpc) is 2.67. The van der Waals surface area contributed by atoms with E-state index in [0.29, 0.717) is 28.7 Å². The van der Waals surface area contributed by atoms with Crippen molar-refractivity contribution in [3.63, 3.8) is 0 Å². The lowest BCUT2D eigenvalue weighted by molar-refractivity contribution is -0.901. The van der Waals surface area contributed by atoms with Gasteiger partial charge in [0.1, 0.15) is 12.3 Å². The second kappa shape index (κ2) is 8.85. The molecule has 0 aliphatic rings. The Kier molecular flexibility index (Phi) is 7.85. The Morgan fingerprint density at radius 3 is 1.49 bits per heavy atom. The molecule has 0 heterocycles. The fourth-order valence-electron chi connectivity index (χ4n) is 2.35. The van der Waals surface area contributed by atoms with E-state index >= 15 is 0 Å². The van der Waals surface area contributed by atoms with Crippen LogP contribution in [0, 0.1) is 0 Å². The van der Waals surface area contributed by atoms with Crippen LogP contribution in [0.5, 0.6) is 5.75 Å². The standard InChI is InChI=1S/C17H17F13NO3S/c1-4-31(2,3)9-10-5-7-11(8-6-10)34-35(32,33)17(29,30)15(24,25)13(20,21)12(18,19)14(22,23)16(26,27)28/h5-8H,4,9H2,1-3H3/q+1. The zero-order chi connectivity index (χ0) is 28.1. The third kappa shape index (κ3) is 5.13.